The van der Waals surface area contributed by atoms with E-state index in [-0.39, 0.29) is 16.8 Å². The Labute approximate surface area is 171 Å². The van der Waals surface area contributed by atoms with Gasteiger partial charge in [0.1, 0.15) is 23.5 Å². The highest BCUT2D eigenvalue weighted by molar-refractivity contribution is 6.30. The number of halogens is 2. The summed E-state index contributed by atoms with van der Waals surface area (Å²) >= 11 is 5.85. The Hall–Kier alpha value is -2.97. The van der Waals surface area contributed by atoms with Crippen LogP contribution in [0.15, 0.2) is 42.7 Å². The summed E-state index contributed by atoms with van der Waals surface area (Å²) in [5, 5.41) is 4.13. The van der Waals surface area contributed by atoms with Gasteiger partial charge in [-0.05, 0) is 49.3 Å². The van der Waals surface area contributed by atoms with Crippen LogP contribution in [0.2, 0.25) is 5.02 Å². The van der Waals surface area contributed by atoms with E-state index in [4.69, 9.17) is 22.1 Å². The summed E-state index contributed by atoms with van der Waals surface area (Å²) in [6, 6.07) is 9.71. The molecule has 0 bridgehead atoms. The third kappa shape index (κ3) is 4.23. The van der Waals surface area contributed by atoms with E-state index in [2.05, 4.69) is 20.2 Å². The smallest absolute Gasteiger partial charge is 0.408 e. The number of carbonyl (C=O) groups is 1. The second-order valence-corrected chi connectivity index (χ2v) is 7.23. The van der Waals surface area contributed by atoms with Crippen molar-refractivity contribution in [3.63, 3.8) is 0 Å². The number of primary amides is 1. The van der Waals surface area contributed by atoms with E-state index in [9.17, 15) is 9.18 Å². The Kier molecular flexibility index (Phi) is 5.46. The maximum Gasteiger partial charge on any atom is 0.410 e. The molecule has 4 rings (SSSR count). The van der Waals surface area contributed by atoms with Gasteiger partial charge in [0.2, 0.25) is 0 Å². The van der Waals surface area contributed by atoms with Crippen LogP contribution in [0.4, 0.5) is 15.0 Å². The van der Waals surface area contributed by atoms with Crippen LogP contribution >= 0.6 is 11.6 Å². The lowest BCUT2D eigenvalue weighted by molar-refractivity contribution is 0.174. The molecule has 0 saturated carbocycles. The first-order valence-electron chi connectivity index (χ1n) is 9.16. The average molecular weight is 416 g/mol. The molecule has 2 heterocycles. The van der Waals surface area contributed by atoms with Gasteiger partial charge in [-0.3, -0.25) is 0 Å². The molecule has 29 heavy (non-hydrogen) atoms. The predicted molar refractivity (Wildman–Crippen MR) is 109 cm³/mol. The minimum absolute atomic E-state index is 0.0807. The van der Waals surface area contributed by atoms with Crippen molar-refractivity contribution in [2.24, 2.45) is 5.73 Å². The van der Waals surface area contributed by atoms with Gasteiger partial charge in [-0.1, -0.05) is 23.7 Å². The number of rotatable bonds is 6. The van der Waals surface area contributed by atoms with E-state index in [0.717, 1.165) is 25.1 Å². The maximum absolute atomic E-state index is 14.1. The van der Waals surface area contributed by atoms with Crippen molar-refractivity contribution in [1.29, 1.82) is 0 Å². The minimum Gasteiger partial charge on any atom is -0.408 e. The number of hydrogen-bond donors (Lipinski definition) is 2. The van der Waals surface area contributed by atoms with E-state index in [1.807, 2.05) is 6.07 Å². The number of ether oxygens (including phenoxy) is 1. The number of benzene rings is 2. The van der Waals surface area contributed by atoms with Crippen LogP contribution in [-0.4, -0.2) is 40.6 Å². The van der Waals surface area contributed by atoms with Crippen LogP contribution in [0.5, 0.6) is 5.75 Å². The van der Waals surface area contributed by atoms with Gasteiger partial charge in [-0.25, -0.2) is 19.2 Å². The highest BCUT2D eigenvalue weighted by Gasteiger charge is 2.23. The van der Waals surface area contributed by atoms with Crippen LogP contribution in [0, 0.1) is 5.82 Å². The van der Waals surface area contributed by atoms with Gasteiger partial charge < -0.3 is 20.7 Å². The zero-order chi connectivity index (χ0) is 20.4. The topological polar surface area (TPSA) is 93.4 Å². The van der Waals surface area contributed by atoms with Crippen molar-refractivity contribution < 1.29 is 13.9 Å². The molecule has 1 aliphatic rings. The van der Waals surface area contributed by atoms with Gasteiger partial charge >= 0.3 is 6.09 Å². The van der Waals surface area contributed by atoms with Crippen LogP contribution in [0.3, 0.4) is 0 Å². The predicted octanol–water partition coefficient (Wildman–Crippen LogP) is 3.74. The fourth-order valence-corrected chi connectivity index (χ4v) is 3.43. The third-order valence-electron chi connectivity index (χ3n) is 4.88. The second-order valence-electron chi connectivity index (χ2n) is 6.82. The van der Waals surface area contributed by atoms with Crippen molar-refractivity contribution in [3.8, 4) is 5.75 Å². The molecule has 3 aromatic rings. The number of para-hydroxylation sites is 1. The first kappa shape index (κ1) is 19.4. The number of anilines is 1. The largest absolute Gasteiger partial charge is 0.410 e. The van der Waals surface area contributed by atoms with E-state index >= 15 is 0 Å². The van der Waals surface area contributed by atoms with Crippen LogP contribution < -0.4 is 15.8 Å². The van der Waals surface area contributed by atoms with Gasteiger partial charge in [0.15, 0.2) is 5.75 Å². The number of hydrogen-bond acceptors (Lipinski definition) is 6. The molecular formula is C20H19ClFN5O2. The third-order valence-corrected chi connectivity index (χ3v) is 5.19. The first-order valence-corrected chi connectivity index (χ1v) is 9.54. The molecule has 0 aliphatic carbocycles. The molecule has 3 N–H and O–H groups in total. The highest BCUT2D eigenvalue weighted by atomic mass is 35.5. The highest BCUT2D eigenvalue weighted by Crippen LogP contribution is 2.31. The first-order chi connectivity index (χ1) is 14.0. The van der Waals surface area contributed by atoms with E-state index in [0.29, 0.717) is 23.3 Å². The summed E-state index contributed by atoms with van der Waals surface area (Å²) in [5.41, 5.74) is 6.35. The van der Waals surface area contributed by atoms with Crippen molar-refractivity contribution in [1.82, 2.24) is 14.9 Å². The van der Waals surface area contributed by atoms with Gasteiger partial charge in [-0.2, -0.15) is 0 Å². The van der Waals surface area contributed by atoms with Gasteiger partial charge in [0.05, 0.1) is 11.1 Å². The molecule has 2 aromatic carbocycles. The molecule has 1 aromatic heterocycles. The maximum atomic E-state index is 14.1. The van der Waals surface area contributed by atoms with E-state index < -0.39 is 11.9 Å². The standard InChI is InChI=1S/C20H19ClFN5O2/c21-14-6-5-12(9-15(14)22)16(10-27-7-2-8-27)26-19-13-3-1-4-17(29-20(23)28)18(13)24-11-25-19/h1,3-6,9,11,16H,2,7-8,10H2,(H2,23,28)(H,24,25,26)/t16-/m1/s1. The van der Waals surface area contributed by atoms with Crippen LogP contribution in [0.25, 0.3) is 10.9 Å². The number of amides is 1. The number of nitrogens with one attached hydrogen (secondary N) is 1. The zero-order valence-electron chi connectivity index (χ0n) is 15.4. The summed E-state index contributed by atoms with van der Waals surface area (Å²) in [6.45, 7) is 2.68. The van der Waals surface area contributed by atoms with Crippen LogP contribution in [0.1, 0.15) is 18.0 Å². The summed E-state index contributed by atoms with van der Waals surface area (Å²) in [5.74, 6) is 0.326. The molecule has 1 atom stereocenters. The second kappa shape index (κ2) is 8.18. The van der Waals surface area contributed by atoms with Crippen molar-refractivity contribution in [2.45, 2.75) is 12.5 Å². The number of fused-ring (bicyclic) bond motifs is 1. The quantitative estimate of drug-likeness (QED) is 0.637. The molecule has 0 radical (unpaired) electrons. The molecule has 9 heteroatoms. The molecule has 1 fully saturated rings. The Morgan fingerprint density at radius 3 is 2.83 bits per heavy atom. The fourth-order valence-electron chi connectivity index (χ4n) is 3.32. The lowest BCUT2D eigenvalue weighted by atomic mass is 10.0. The molecule has 0 unspecified atom stereocenters. The van der Waals surface area contributed by atoms with E-state index in [1.54, 1.807) is 24.3 Å². The number of nitrogens with zero attached hydrogens (tertiary/aromatic N) is 3. The lowest BCUT2D eigenvalue weighted by Crippen LogP contribution is -2.41. The SMILES string of the molecule is NC(=O)Oc1cccc2c(N[C@H](CN3CCC3)c3ccc(Cl)c(F)c3)ncnc12. The van der Waals surface area contributed by atoms with Gasteiger partial charge in [0, 0.05) is 11.9 Å². The zero-order valence-corrected chi connectivity index (χ0v) is 16.2. The van der Waals surface area contributed by atoms with Crippen molar-refractivity contribution >= 4 is 34.4 Å². The Balaban J connectivity index is 1.70. The summed E-state index contributed by atoms with van der Waals surface area (Å²) < 4.78 is 19.1. The van der Waals surface area contributed by atoms with Gasteiger partial charge in [-0.15, -0.1) is 0 Å². The monoisotopic (exact) mass is 415 g/mol. The lowest BCUT2D eigenvalue weighted by Gasteiger charge is -2.35. The number of likely N-dealkylation sites (tertiary alicyclic amines) is 1. The Morgan fingerprint density at radius 1 is 1.31 bits per heavy atom. The minimum atomic E-state index is -0.919. The Bertz CT molecular complexity index is 1060. The van der Waals surface area contributed by atoms with E-state index in [1.165, 1.54) is 12.4 Å². The number of aromatic nitrogens is 2. The number of carbonyl (C=O) groups excluding carboxylic acids is 1. The molecule has 0 spiro atoms. The van der Waals surface area contributed by atoms with Gasteiger partial charge in [0.25, 0.3) is 0 Å². The summed E-state index contributed by atoms with van der Waals surface area (Å²) in [6.07, 6.45) is 1.60. The van der Waals surface area contributed by atoms with Crippen molar-refractivity contribution in [2.75, 3.05) is 25.0 Å². The Morgan fingerprint density at radius 2 is 2.14 bits per heavy atom. The molecule has 1 saturated heterocycles. The molecule has 7 nitrogen and oxygen atoms in total. The van der Waals surface area contributed by atoms with Crippen molar-refractivity contribution in [3.05, 3.63) is 59.1 Å². The summed E-state index contributed by atoms with van der Waals surface area (Å²) in [7, 11) is 0. The molecular weight excluding hydrogens is 397 g/mol. The molecule has 1 amide bonds. The number of nitrogens with two attached hydrogens (primary N) is 1. The molecule has 150 valence electrons. The van der Waals surface area contributed by atoms with Crippen LogP contribution in [-0.2, 0) is 0 Å². The summed E-state index contributed by atoms with van der Waals surface area (Å²) in [4.78, 5) is 22.0. The molecule has 1 aliphatic heterocycles. The fraction of sp³-hybridized carbons (Fsp3) is 0.250. The average Bonchev–Trinajstić information content (AvgIpc) is 2.66. The normalized spacial score (nSPS) is 15.0.